The molecule has 132 valence electrons. The van der Waals surface area contributed by atoms with Crippen LogP contribution in [0, 0.1) is 0 Å². The lowest BCUT2D eigenvalue weighted by Crippen LogP contribution is -2.32. The van der Waals surface area contributed by atoms with Gasteiger partial charge in [-0.25, -0.2) is 9.97 Å². The Labute approximate surface area is 151 Å². The Morgan fingerprint density at radius 3 is 3.12 bits per heavy atom. The van der Waals surface area contributed by atoms with Crippen LogP contribution in [0.3, 0.4) is 0 Å². The monoisotopic (exact) mass is 347 g/mol. The molecular formula is C20H21N5O. The number of nitrogens with one attached hydrogen (secondary N) is 1. The van der Waals surface area contributed by atoms with Gasteiger partial charge >= 0.3 is 0 Å². The third kappa shape index (κ3) is 2.50. The van der Waals surface area contributed by atoms with Crippen molar-refractivity contribution in [3.63, 3.8) is 0 Å². The molecule has 0 amide bonds. The summed E-state index contributed by atoms with van der Waals surface area (Å²) >= 11 is 0. The van der Waals surface area contributed by atoms with Gasteiger partial charge in [0.15, 0.2) is 5.65 Å². The van der Waals surface area contributed by atoms with Crippen LogP contribution in [0.15, 0.2) is 48.8 Å². The van der Waals surface area contributed by atoms with Crippen molar-refractivity contribution >= 4 is 22.1 Å². The van der Waals surface area contributed by atoms with Crippen LogP contribution in [-0.4, -0.2) is 32.3 Å². The highest BCUT2D eigenvalue weighted by Gasteiger charge is 2.24. The summed E-state index contributed by atoms with van der Waals surface area (Å²) < 4.78 is 10.2. The van der Waals surface area contributed by atoms with Crippen molar-refractivity contribution in [3.05, 3.63) is 60.2 Å². The average Bonchev–Trinajstić information content (AvgIpc) is 3.21. The van der Waals surface area contributed by atoms with Gasteiger partial charge < -0.3 is 19.2 Å². The second kappa shape index (κ2) is 6.23. The zero-order valence-corrected chi connectivity index (χ0v) is 14.7. The van der Waals surface area contributed by atoms with E-state index in [-0.39, 0.29) is 6.04 Å². The number of imidazole rings is 1. The second-order valence-corrected chi connectivity index (χ2v) is 6.83. The fraction of sp³-hybridized carbons (Fsp3) is 0.300. The Bertz CT molecular complexity index is 1080. The molecule has 0 spiro atoms. The molecule has 4 aromatic rings. The largest absolute Gasteiger partial charge is 0.371 e. The van der Waals surface area contributed by atoms with Crippen LogP contribution < -0.4 is 5.32 Å². The molecule has 6 heteroatoms. The third-order valence-corrected chi connectivity index (χ3v) is 5.10. The molecule has 0 saturated carbocycles. The molecule has 1 aliphatic rings. The maximum absolute atomic E-state index is 5.76. The fourth-order valence-electron chi connectivity index (χ4n) is 3.91. The number of fused-ring (bicyclic) bond motifs is 4. The number of benzene rings is 1. The molecular weight excluding hydrogens is 326 g/mol. The minimum atomic E-state index is 0.202. The first-order chi connectivity index (χ1) is 12.8. The van der Waals surface area contributed by atoms with Crippen molar-refractivity contribution in [1.82, 2.24) is 24.4 Å². The van der Waals surface area contributed by atoms with Crippen LogP contribution >= 0.6 is 0 Å². The maximum atomic E-state index is 5.76. The third-order valence-electron chi connectivity index (χ3n) is 5.10. The van der Waals surface area contributed by atoms with E-state index in [9.17, 15) is 0 Å². The summed E-state index contributed by atoms with van der Waals surface area (Å²) in [7, 11) is 2.09. The summed E-state index contributed by atoms with van der Waals surface area (Å²) in [6.45, 7) is 2.87. The molecule has 0 aliphatic carbocycles. The number of para-hydroxylation sites is 1. The summed E-state index contributed by atoms with van der Waals surface area (Å²) in [5, 5.41) is 4.91. The van der Waals surface area contributed by atoms with Crippen LogP contribution in [0.2, 0.25) is 0 Å². The SMILES string of the molecule is Cn1cc(CNC[C@H]2COCc3nc4cccnc4n32)c2ccccc21. The normalized spacial score (nSPS) is 17.0. The van der Waals surface area contributed by atoms with Crippen molar-refractivity contribution in [1.29, 1.82) is 0 Å². The fourth-order valence-corrected chi connectivity index (χ4v) is 3.91. The molecule has 1 N–H and O–H groups in total. The van der Waals surface area contributed by atoms with Gasteiger partial charge in [0.1, 0.15) is 17.9 Å². The molecule has 3 aromatic heterocycles. The number of ether oxygens (including phenoxy) is 1. The van der Waals surface area contributed by atoms with Gasteiger partial charge in [-0.15, -0.1) is 0 Å². The Balaban J connectivity index is 1.37. The first-order valence-electron chi connectivity index (χ1n) is 8.94. The van der Waals surface area contributed by atoms with Crippen molar-refractivity contribution in [2.24, 2.45) is 7.05 Å². The number of aromatic nitrogens is 4. The van der Waals surface area contributed by atoms with Crippen LogP contribution in [0.25, 0.3) is 22.1 Å². The van der Waals surface area contributed by atoms with Gasteiger partial charge in [-0.3, -0.25) is 0 Å². The smallest absolute Gasteiger partial charge is 0.160 e. The lowest BCUT2D eigenvalue weighted by molar-refractivity contribution is 0.0561. The first kappa shape index (κ1) is 15.5. The van der Waals surface area contributed by atoms with Crippen molar-refractivity contribution in [3.8, 4) is 0 Å². The van der Waals surface area contributed by atoms with E-state index in [2.05, 4.69) is 61.9 Å². The number of hydrogen-bond donors (Lipinski definition) is 1. The molecule has 4 heterocycles. The minimum absolute atomic E-state index is 0.202. The van der Waals surface area contributed by atoms with Crippen molar-refractivity contribution < 1.29 is 4.74 Å². The predicted molar refractivity (Wildman–Crippen MR) is 101 cm³/mol. The van der Waals surface area contributed by atoms with Crippen LogP contribution in [0.1, 0.15) is 17.4 Å². The van der Waals surface area contributed by atoms with E-state index in [1.807, 2.05) is 18.3 Å². The number of pyridine rings is 1. The number of rotatable bonds is 4. The molecule has 0 bridgehead atoms. The minimum Gasteiger partial charge on any atom is -0.371 e. The Hall–Kier alpha value is -2.70. The van der Waals surface area contributed by atoms with Crippen LogP contribution in [-0.2, 0) is 24.9 Å². The van der Waals surface area contributed by atoms with Crippen molar-refractivity contribution in [2.45, 2.75) is 19.2 Å². The molecule has 0 radical (unpaired) electrons. The van der Waals surface area contributed by atoms with E-state index in [0.29, 0.717) is 13.2 Å². The van der Waals surface area contributed by atoms with Crippen LogP contribution in [0.4, 0.5) is 0 Å². The molecule has 1 aromatic carbocycles. The van der Waals surface area contributed by atoms with Crippen LogP contribution in [0.5, 0.6) is 0 Å². The van der Waals surface area contributed by atoms with E-state index in [1.165, 1.54) is 16.5 Å². The highest BCUT2D eigenvalue weighted by molar-refractivity contribution is 5.83. The highest BCUT2D eigenvalue weighted by Crippen LogP contribution is 2.24. The van der Waals surface area contributed by atoms with Gasteiger partial charge in [-0.2, -0.15) is 0 Å². The van der Waals surface area contributed by atoms with E-state index in [4.69, 9.17) is 4.74 Å². The molecule has 0 fully saturated rings. The van der Waals surface area contributed by atoms with Gasteiger partial charge in [0.2, 0.25) is 0 Å². The van der Waals surface area contributed by atoms with Crippen molar-refractivity contribution in [2.75, 3.05) is 13.2 Å². The van der Waals surface area contributed by atoms with Gasteiger partial charge in [-0.1, -0.05) is 18.2 Å². The van der Waals surface area contributed by atoms with E-state index < -0.39 is 0 Å². The van der Waals surface area contributed by atoms with E-state index in [1.54, 1.807) is 0 Å². The molecule has 0 unspecified atom stereocenters. The Morgan fingerprint density at radius 1 is 1.23 bits per heavy atom. The van der Waals surface area contributed by atoms with E-state index in [0.717, 1.165) is 30.1 Å². The summed E-state index contributed by atoms with van der Waals surface area (Å²) in [5.41, 5.74) is 4.46. The Kier molecular flexibility index (Phi) is 3.72. The molecule has 1 atom stereocenters. The molecule has 6 nitrogen and oxygen atoms in total. The lowest BCUT2D eigenvalue weighted by atomic mass is 10.1. The maximum Gasteiger partial charge on any atom is 0.160 e. The standard InChI is InChI=1S/C20H21N5O/c1-24-11-14(16-5-2-3-7-18(16)24)9-21-10-15-12-26-13-19-23-17-6-4-8-22-20(17)25(15)19/h2-8,11,15,21H,9-10,12-13H2,1H3/t15-/m0/s1. The zero-order chi connectivity index (χ0) is 17.5. The lowest BCUT2D eigenvalue weighted by Gasteiger charge is -2.26. The topological polar surface area (TPSA) is 56.9 Å². The molecule has 26 heavy (non-hydrogen) atoms. The second-order valence-electron chi connectivity index (χ2n) is 6.83. The Morgan fingerprint density at radius 2 is 2.15 bits per heavy atom. The van der Waals surface area contributed by atoms with Gasteiger partial charge in [0.25, 0.3) is 0 Å². The highest BCUT2D eigenvalue weighted by atomic mass is 16.5. The summed E-state index contributed by atoms with van der Waals surface area (Å²) in [4.78, 5) is 9.19. The summed E-state index contributed by atoms with van der Waals surface area (Å²) in [5.74, 6) is 0.960. The number of hydrogen-bond acceptors (Lipinski definition) is 4. The predicted octanol–water partition coefficient (Wildman–Crippen LogP) is 2.78. The van der Waals surface area contributed by atoms with Gasteiger partial charge in [-0.05, 0) is 23.8 Å². The first-order valence-corrected chi connectivity index (χ1v) is 8.94. The van der Waals surface area contributed by atoms with Gasteiger partial charge in [0, 0.05) is 43.4 Å². The summed E-state index contributed by atoms with van der Waals surface area (Å²) in [6, 6.07) is 12.6. The molecule has 5 rings (SSSR count). The number of nitrogens with zero attached hydrogens (tertiary/aromatic N) is 4. The quantitative estimate of drug-likeness (QED) is 0.617. The molecule has 0 saturated heterocycles. The number of aryl methyl sites for hydroxylation is 1. The zero-order valence-electron chi connectivity index (χ0n) is 14.7. The van der Waals surface area contributed by atoms with Gasteiger partial charge in [0.05, 0.1) is 12.6 Å². The van der Waals surface area contributed by atoms with E-state index >= 15 is 0 Å². The average molecular weight is 347 g/mol. The molecule has 1 aliphatic heterocycles. The summed E-state index contributed by atoms with van der Waals surface area (Å²) in [6.07, 6.45) is 4.03.